The average Bonchev–Trinajstić information content (AvgIpc) is 2.72. The lowest BCUT2D eigenvalue weighted by Crippen LogP contribution is -2.30. The molecular weight excluding hydrogens is 417 g/mol. The van der Waals surface area contributed by atoms with Crippen molar-refractivity contribution in [3.8, 4) is 11.4 Å². The number of pyridine rings is 1. The summed E-state index contributed by atoms with van der Waals surface area (Å²) in [6.45, 7) is 0.0119. The van der Waals surface area contributed by atoms with Crippen LogP contribution in [0.2, 0.25) is 0 Å². The van der Waals surface area contributed by atoms with Crippen LogP contribution < -0.4 is 15.6 Å². The van der Waals surface area contributed by atoms with Crippen LogP contribution >= 0.6 is 0 Å². The molecule has 1 unspecified atom stereocenters. The maximum Gasteiger partial charge on any atom is 0.422 e. The molecule has 0 aliphatic rings. The first-order chi connectivity index (χ1) is 14.7. The van der Waals surface area contributed by atoms with Crippen LogP contribution in [0.1, 0.15) is 28.9 Å². The fraction of sp³-hybridized carbons (Fsp3) is 0.200. The number of anilines is 1. The van der Waals surface area contributed by atoms with E-state index in [1.165, 1.54) is 48.8 Å². The summed E-state index contributed by atoms with van der Waals surface area (Å²) in [5, 5.41) is 15.8. The van der Waals surface area contributed by atoms with Gasteiger partial charge in [-0.05, 0) is 36.8 Å². The van der Waals surface area contributed by atoms with Crippen molar-refractivity contribution in [2.45, 2.75) is 19.2 Å². The number of aliphatic hydroxyl groups excluding tert-OH is 1. The molecule has 3 rings (SSSR count). The number of hydrogen-bond acceptors (Lipinski definition) is 6. The number of rotatable bonds is 6. The molecule has 2 N–H and O–H groups in total. The third-order valence-corrected chi connectivity index (χ3v) is 4.09. The maximum absolute atomic E-state index is 12.8. The summed E-state index contributed by atoms with van der Waals surface area (Å²) in [6.07, 6.45) is -2.76. The molecule has 0 bridgehead atoms. The lowest BCUT2D eigenvalue weighted by atomic mass is 10.2. The number of carbonyl (C=O) groups excluding carboxylic acids is 1. The van der Waals surface area contributed by atoms with Crippen molar-refractivity contribution < 1.29 is 27.8 Å². The van der Waals surface area contributed by atoms with E-state index in [1.54, 1.807) is 13.0 Å². The highest BCUT2D eigenvalue weighted by molar-refractivity contribution is 6.03. The predicted octanol–water partition coefficient (Wildman–Crippen LogP) is 2.87. The molecule has 1 amide bonds. The van der Waals surface area contributed by atoms with Crippen LogP contribution in [0.4, 0.5) is 19.0 Å². The van der Waals surface area contributed by atoms with Gasteiger partial charge < -0.3 is 15.2 Å². The Labute approximate surface area is 173 Å². The highest BCUT2D eigenvalue weighted by atomic mass is 19.4. The van der Waals surface area contributed by atoms with Gasteiger partial charge in [-0.1, -0.05) is 18.2 Å². The Morgan fingerprint density at radius 2 is 1.97 bits per heavy atom. The van der Waals surface area contributed by atoms with Gasteiger partial charge in [-0.3, -0.25) is 9.59 Å². The van der Waals surface area contributed by atoms with Crippen molar-refractivity contribution in [1.29, 1.82) is 0 Å². The van der Waals surface area contributed by atoms with Crippen molar-refractivity contribution in [2.75, 3.05) is 11.9 Å². The summed E-state index contributed by atoms with van der Waals surface area (Å²) >= 11 is 0. The van der Waals surface area contributed by atoms with Gasteiger partial charge in [0.1, 0.15) is 22.8 Å². The Balaban J connectivity index is 1.88. The zero-order valence-electron chi connectivity index (χ0n) is 16.1. The van der Waals surface area contributed by atoms with E-state index >= 15 is 0 Å². The van der Waals surface area contributed by atoms with Crippen LogP contribution in [-0.2, 0) is 0 Å². The van der Waals surface area contributed by atoms with Crippen LogP contribution in [0.3, 0.4) is 0 Å². The number of nitrogens with one attached hydrogen (secondary N) is 1. The highest BCUT2D eigenvalue weighted by Gasteiger charge is 2.29. The summed E-state index contributed by atoms with van der Waals surface area (Å²) in [6, 6.07) is 9.74. The molecule has 2 heterocycles. The molecule has 0 aliphatic heterocycles. The van der Waals surface area contributed by atoms with Gasteiger partial charge in [-0.2, -0.15) is 23.0 Å². The van der Waals surface area contributed by atoms with Gasteiger partial charge in [0.15, 0.2) is 6.61 Å². The molecule has 31 heavy (non-hydrogen) atoms. The average molecular weight is 434 g/mol. The molecule has 0 aliphatic carbocycles. The molecule has 11 heteroatoms. The number of ether oxygens (including phenoxy) is 1. The summed E-state index contributed by atoms with van der Waals surface area (Å²) in [5.74, 6) is -0.861. The summed E-state index contributed by atoms with van der Waals surface area (Å²) in [4.78, 5) is 29.4. The van der Waals surface area contributed by atoms with Crippen molar-refractivity contribution in [3.05, 3.63) is 76.3 Å². The van der Waals surface area contributed by atoms with E-state index in [4.69, 9.17) is 4.74 Å². The van der Waals surface area contributed by atoms with E-state index in [1.807, 2.05) is 0 Å². The standard InChI is InChI=1S/C20H17F3N4O4/c1-12(28)13-6-7-17(24-10-13)26-18(29)14-8-9-25-27(19(14)30)15-4-2-3-5-16(15)31-11-20(21,22)23/h2-10,12,28H,11H2,1H3,(H,24,26,29). The monoisotopic (exact) mass is 434 g/mol. The third-order valence-electron chi connectivity index (χ3n) is 4.09. The highest BCUT2D eigenvalue weighted by Crippen LogP contribution is 2.24. The second kappa shape index (κ2) is 8.96. The van der Waals surface area contributed by atoms with E-state index < -0.39 is 30.4 Å². The summed E-state index contributed by atoms with van der Waals surface area (Å²) < 4.78 is 43.1. The topological polar surface area (TPSA) is 106 Å². The SMILES string of the molecule is CC(O)c1ccc(NC(=O)c2ccnn(-c3ccccc3OCC(F)(F)F)c2=O)nc1. The Hall–Kier alpha value is -3.73. The zero-order chi connectivity index (χ0) is 22.6. The molecule has 1 atom stereocenters. The minimum absolute atomic E-state index is 0.0502. The fourth-order valence-corrected chi connectivity index (χ4v) is 2.58. The van der Waals surface area contributed by atoms with Crippen LogP contribution in [0.5, 0.6) is 5.75 Å². The second-order valence-corrected chi connectivity index (χ2v) is 6.44. The van der Waals surface area contributed by atoms with Gasteiger partial charge in [0.25, 0.3) is 11.5 Å². The van der Waals surface area contributed by atoms with E-state index in [9.17, 15) is 27.9 Å². The van der Waals surface area contributed by atoms with Crippen LogP contribution in [0.15, 0.2) is 59.7 Å². The quantitative estimate of drug-likeness (QED) is 0.618. The lowest BCUT2D eigenvalue weighted by molar-refractivity contribution is -0.153. The molecule has 0 fully saturated rings. The van der Waals surface area contributed by atoms with Crippen molar-refractivity contribution >= 4 is 11.7 Å². The van der Waals surface area contributed by atoms with Gasteiger partial charge in [-0.25, -0.2) is 4.98 Å². The van der Waals surface area contributed by atoms with Gasteiger partial charge >= 0.3 is 6.18 Å². The van der Waals surface area contributed by atoms with Crippen molar-refractivity contribution in [3.63, 3.8) is 0 Å². The number of para-hydroxylation sites is 2. The molecule has 0 spiro atoms. The number of amides is 1. The molecule has 0 saturated heterocycles. The Kier molecular flexibility index (Phi) is 6.35. The number of hydrogen-bond donors (Lipinski definition) is 2. The van der Waals surface area contributed by atoms with Crippen LogP contribution in [-0.4, -0.2) is 38.6 Å². The lowest BCUT2D eigenvalue weighted by Gasteiger charge is -2.14. The Morgan fingerprint density at radius 3 is 2.61 bits per heavy atom. The molecule has 3 aromatic rings. The molecule has 1 aromatic carbocycles. The predicted molar refractivity (Wildman–Crippen MR) is 104 cm³/mol. The van der Waals surface area contributed by atoms with Gasteiger partial charge in [0.05, 0.1) is 6.10 Å². The number of aliphatic hydroxyl groups is 1. The molecule has 8 nitrogen and oxygen atoms in total. The van der Waals surface area contributed by atoms with Crippen molar-refractivity contribution in [1.82, 2.24) is 14.8 Å². The Bertz CT molecular complexity index is 1130. The first kappa shape index (κ1) is 22.0. The number of carbonyl (C=O) groups is 1. The summed E-state index contributed by atoms with van der Waals surface area (Å²) in [5.41, 5.74) is -0.670. The fourth-order valence-electron chi connectivity index (χ4n) is 2.58. The summed E-state index contributed by atoms with van der Waals surface area (Å²) in [7, 11) is 0. The van der Waals surface area contributed by atoms with E-state index in [0.29, 0.717) is 5.56 Å². The van der Waals surface area contributed by atoms with Crippen molar-refractivity contribution in [2.24, 2.45) is 0 Å². The number of halogens is 3. The van der Waals surface area contributed by atoms with E-state index in [0.717, 1.165) is 4.68 Å². The molecular formula is C20H17F3N4O4. The van der Waals surface area contributed by atoms with Gasteiger partial charge in [0, 0.05) is 12.4 Å². The second-order valence-electron chi connectivity index (χ2n) is 6.44. The van der Waals surface area contributed by atoms with E-state index in [2.05, 4.69) is 15.4 Å². The number of benzene rings is 1. The first-order valence-corrected chi connectivity index (χ1v) is 8.98. The third kappa shape index (κ3) is 5.45. The smallest absolute Gasteiger partial charge is 0.422 e. The number of aromatic nitrogens is 3. The number of alkyl halides is 3. The Morgan fingerprint density at radius 1 is 1.23 bits per heavy atom. The minimum atomic E-state index is -4.57. The molecule has 162 valence electrons. The number of nitrogens with zero attached hydrogens (tertiary/aromatic N) is 3. The molecule has 0 saturated carbocycles. The van der Waals surface area contributed by atoms with Gasteiger partial charge in [-0.15, -0.1) is 0 Å². The first-order valence-electron chi connectivity index (χ1n) is 8.98. The largest absolute Gasteiger partial charge is 0.482 e. The molecule has 0 radical (unpaired) electrons. The molecule has 2 aromatic heterocycles. The normalized spacial score (nSPS) is 12.3. The zero-order valence-corrected chi connectivity index (χ0v) is 16.1. The maximum atomic E-state index is 12.8. The van der Waals surface area contributed by atoms with Crippen LogP contribution in [0, 0.1) is 0 Å². The minimum Gasteiger partial charge on any atom is -0.482 e. The van der Waals surface area contributed by atoms with Crippen LogP contribution in [0.25, 0.3) is 5.69 Å². The van der Waals surface area contributed by atoms with E-state index in [-0.39, 0.29) is 22.8 Å². The van der Waals surface area contributed by atoms with Gasteiger partial charge in [0.2, 0.25) is 0 Å².